The number of carbonyl (C=O) groups excluding carboxylic acids is 1. The van der Waals surface area contributed by atoms with Crippen LogP contribution in [-0.2, 0) is 4.74 Å². The number of nitrogens with zero attached hydrogens (tertiary/aromatic N) is 3. The predicted molar refractivity (Wildman–Crippen MR) is 84.9 cm³/mol. The highest BCUT2D eigenvalue weighted by molar-refractivity contribution is 5.89. The minimum atomic E-state index is -0.649. The Bertz CT molecular complexity index is 705. The van der Waals surface area contributed by atoms with Crippen LogP contribution in [0.1, 0.15) is 22.8 Å². The molecule has 2 rings (SSSR count). The Labute approximate surface area is 128 Å². The van der Waals surface area contributed by atoms with Crippen LogP contribution in [0.3, 0.4) is 0 Å². The van der Waals surface area contributed by atoms with Crippen LogP contribution >= 0.6 is 0 Å². The Morgan fingerprint density at radius 2 is 1.73 bits per heavy atom. The third-order valence-electron chi connectivity index (χ3n) is 2.98. The maximum atomic E-state index is 12.0. The fraction of sp³-hybridized carbons (Fsp3) is 0.118. The van der Waals surface area contributed by atoms with Gasteiger partial charge in [-0.3, -0.25) is 0 Å². The molecule has 1 atom stereocenters. The Morgan fingerprint density at radius 3 is 2.32 bits per heavy atom. The van der Waals surface area contributed by atoms with Crippen LogP contribution in [0.5, 0.6) is 0 Å². The first-order valence-electron chi connectivity index (χ1n) is 6.78. The van der Waals surface area contributed by atoms with Crippen molar-refractivity contribution in [2.24, 2.45) is 5.11 Å². The third kappa shape index (κ3) is 4.23. The first-order chi connectivity index (χ1) is 10.7. The standard InChI is InChI=1S/C17H15N3O2/c1-13(22-17(21)15-10-6-3-7-11-15)16(19-20-18)12-14-8-4-2-5-9-14/h2-13H,1H3/b16-12-. The number of carbonyl (C=O) groups is 1. The molecule has 0 aliphatic carbocycles. The molecule has 0 fully saturated rings. The third-order valence-corrected chi connectivity index (χ3v) is 2.98. The van der Waals surface area contributed by atoms with Crippen LogP contribution in [0.25, 0.3) is 16.5 Å². The van der Waals surface area contributed by atoms with Crippen molar-refractivity contribution in [2.75, 3.05) is 0 Å². The predicted octanol–water partition coefficient (Wildman–Crippen LogP) is 4.58. The molecule has 1 unspecified atom stereocenters. The van der Waals surface area contributed by atoms with E-state index >= 15 is 0 Å². The zero-order chi connectivity index (χ0) is 15.8. The van der Waals surface area contributed by atoms with Crippen molar-refractivity contribution in [3.8, 4) is 0 Å². The summed E-state index contributed by atoms with van der Waals surface area (Å²) >= 11 is 0. The van der Waals surface area contributed by atoms with E-state index in [-0.39, 0.29) is 0 Å². The van der Waals surface area contributed by atoms with Gasteiger partial charge in [0.25, 0.3) is 0 Å². The molecule has 0 radical (unpaired) electrons. The summed E-state index contributed by atoms with van der Waals surface area (Å²) in [4.78, 5) is 14.8. The number of azide groups is 1. The summed E-state index contributed by atoms with van der Waals surface area (Å²) in [6.07, 6.45) is 1.05. The molecule has 0 saturated heterocycles. The number of hydrogen-bond acceptors (Lipinski definition) is 3. The fourth-order valence-corrected chi connectivity index (χ4v) is 1.86. The molecule has 0 spiro atoms. The lowest BCUT2D eigenvalue weighted by atomic mass is 10.1. The van der Waals surface area contributed by atoms with E-state index in [1.165, 1.54) is 0 Å². The zero-order valence-corrected chi connectivity index (χ0v) is 12.1. The van der Waals surface area contributed by atoms with Gasteiger partial charge in [-0.25, -0.2) is 4.79 Å². The normalized spacial score (nSPS) is 12.1. The number of esters is 1. The van der Waals surface area contributed by atoms with Crippen LogP contribution in [-0.4, -0.2) is 12.1 Å². The molecule has 0 aliphatic rings. The fourth-order valence-electron chi connectivity index (χ4n) is 1.86. The number of benzene rings is 2. The zero-order valence-electron chi connectivity index (χ0n) is 12.1. The Balaban J connectivity index is 2.17. The lowest BCUT2D eigenvalue weighted by Gasteiger charge is -2.13. The molecule has 0 saturated carbocycles. The molecule has 2 aromatic rings. The topological polar surface area (TPSA) is 75.1 Å². The summed E-state index contributed by atoms with van der Waals surface area (Å²) in [6, 6.07) is 18.1. The summed E-state index contributed by atoms with van der Waals surface area (Å²) in [5.74, 6) is -0.458. The van der Waals surface area contributed by atoms with Crippen molar-refractivity contribution in [3.63, 3.8) is 0 Å². The molecular formula is C17H15N3O2. The SMILES string of the molecule is CC(OC(=O)c1ccccc1)/C(=C/c1ccccc1)N=[N+]=[N-]. The van der Waals surface area contributed by atoms with Gasteiger partial charge < -0.3 is 4.74 Å². The molecular weight excluding hydrogens is 278 g/mol. The van der Waals surface area contributed by atoms with E-state index in [9.17, 15) is 4.79 Å². The first-order valence-corrected chi connectivity index (χ1v) is 6.78. The van der Waals surface area contributed by atoms with E-state index in [1.54, 1.807) is 37.3 Å². The molecule has 110 valence electrons. The second-order valence-electron chi connectivity index (χ2n) is 4.58. The minimum absolute atomic E-state index is 0.345. The molecule has 0 aromatic heterocycles. The van der Waals surface area contributed by atoms with Crippen molar-refractivity contribution in [1.82, 2.24) is 0 Å². The lowest BCUT2D eigenvalue weighted by Crippen LogP contribution is -2.16. The maximum Gasteiger partial charge on any atom is 0.338 e. The van der Waals surface area contributed by atoms with E-state index in [1.807, 2.05) is 36.4 Å². The molecule has 5 heteroatoms. The summed E-state index contributed by atoms with van der Waals surface area (Å²) in [5, 5.41) is 3.63. The Kier molecular flexibility index (Phi) is 5.35. The van der Waals surface area contributed by atoms with Gasteiger partial charge in [0, 0.05) is 4.91 Å². The Hall–Kier alpha value is -3.04. The average Bonchev–Trinajstić information content (AvgIpc) is 2.56. The van der Waals surface area contributed by atoms with Crippen LogP contribution in [0.2, 0.25) is 0 Å². The van der Waals surface area contributed by atoms with Crippen LogP contribution in [0.15, 0.2) is 71.5 Å². The van der Waals surface area contributed by atoms with Gasteiger partial charge in [0.15, 0.2) is 0 Å². The lowest BCUT2D eigenvalue weighted by molar-refractivity contribution is 0.0405. The summed E-state index contributed by atoms with van der Waals surface area (Å²) < 4.78 is 5.35. The van der Waals surface area contributed by atoms with E-state index in [0.717, 1.165) is 5.56 Å². The van der Waals surface area contributed by atoms with E-state index < -0.39 is 12.1 Å². The van der Waals surface area contributed by atoms with Crippen molar-refractivity contribution in [1.29, 1.82) is 0 Å². The van der Waals surface area contributed by atoms with Crippen LogP contribution in [0, 0.1) is 0 Å². The highest BCUT2D eigenvalue weighted by atomic mass is 16.5. The van der Waals surface area contributed by atoms with Gasteiger partial charge in [0.05, 0.1) is 11.3 Å². The maximum absolute atomic E-state index is 12.0. The van der Waals surface area contributed by atoms with Crippen molar-refractivity contribution < 1.29 is 9.53 Å². The van der Waals surface area contributed by atoms with Gasteiger partial charge in [-0.05, 0) is 36.2 Å². The summed E-state index contributed by atoms with van der Waals surface area (Å²) in [7, 11) is 0. The van der Waals surface area contributed by atoms with Gasteiger partial charge in [-0.2, -0.15) is 0 Å². The largest absolute Gasteiger partial charge is 0.454 e. The van der Waals surface area contributed by atoms with Crippen molar-refractivity contribution in [3.05, 3.63) is 87.9 Å². The highest BCUT2D eigenvalue weighted by Gasteiger charge is 2.14. The molecule has 0 N–H and O–H groups in total. The van der Waals surface area contributed by atoms with Gasteiger partial charge in [-0.15, -0.1) is 0 Å². The first kappa shape index (κ1) is 15.4. The summed E-state index contributed by atoms with van der Waals surface area (Å²) in [6.45, 7) is 1.67. The second kappa shape index (κ2) is 7.67. The molecule has 22 heavy (non-hydrogen) atoms. The molecule has 2 aromatic carbocycles. The quantitative estimate of drug-likeness (QED) is 0.350. The van der Waals surface area contributed by atoms with Gasteiger partial charge in [0.2, 0.25) is 0 Å². The van der Waals surface area contributed by atoms with Crippen LogP contribution < -0.4 is 0 Å². The number of rotatable bonds is 5. The minimum Gasteiger partial charge on any atom is -0.454 e. The van der Waals surface area contributed by atoms with Gasteiger partial charge in [-0.1, -0.05) is 53.6 Å². The Morgan fingerprint density at radius 1 is 1.14 bits per heavy atom. The molecule has 0 heterocycles. The van der Waals surface area contributed by atoms with E-state index in [4.69, 9.17) is 10.3 Å². The smallest absolute Gasteiger partial charge is 0.338 e. The molecule has 0 amide bonds. The molecule has 0 bridgehead atoms. The molecule has 0 aliphatic heterocycles. The van der Waals surface area contributed by atoms with Gasteiger partial charge >= 0.3 is 5.97 Å². The highest BCUT2D eigenvalue weighted by Crippen LogP contribution is 2.16. The summed E-state index contributed by atoms with van der Waals surface area (Å²) in [5.41, 5.74) is 10.4. The van der Waals surface area contributed by atoms with Crippen molar-refractivity contribution >= 4 is 12.0 Å². The number of hydrogen-bond donors (Lipinski definition) is 0. The van der Waals surface area contributed by atoms with E-state index in [2.05, 4.69) is 10.0 Å². The number of ether oxygens (including phenoxy) is 1. The monoisotopic (exact) mass is 293 g/mol. The van der Waals surface area contributed by atoms with Gasteiger partial charge in [0.1, 0.15) is 6.10 Å². The molecule has 5 nitrogen and oxygen atoms in total. The van der Waals surface area contributed by atoms with Crippen molar-refractivity contribution in [2.45, 2.75) is 13.0 Å². The van der Waals surface area contributed by atoms with Crippen LogP contribution in [0.4, 0.5) is 0 Å². The second-order valence-corrected chi connectivity index (χ2v) is 4.58. The average molecular weight is 293 g/mol. The van der Waals surface area contributed by atoms with E-state index in [0.29, 0.717) is 11.3 Å².